The first-order valence-electron chi connectivity index (χ1n) is 5.79. The summed E-state index contributed by atoms with van der Waals surface area (Å²) in [5.41, 5.74) is -0.114. The number of halogens is 1. The molecule has 7 heteroatoms. The Morgan fingerprint density at radius 3 is 2.74 bits per heavy atom. The number of H-pyrrole nitrogens is 1. The molecule has 0 saturated heterocycles. The molecule has 6 nitrogen and oxygen atoms in total. The minimum absolute atomic E-state index is 0.233. The number of Topliss-reactive ketones (excluding diaryl/α,β-unsaturated/α-hetero) is 1. The molecular formula is C12H15BrN2O4. The number of aromatic amines is 1. The van der Waals surface area contributed by atoms with Crippen molar-refractivity contribution in [3.05, 3.63) is 26.5 Å². The Kier molecular flexibility index (Phi) is 5.75. The van der Waals surface area contributed by atoms with Crippen LogP contribution < -0.4 is 10.9 Å². The van der Waals surface area contributed by atoms with Crippen LogP contribution in [0.3, 0.4) is 0 Å². The maximum Gasteiger partial charge on any atom is 0.313 e. The van der Waals surface area contributed by atoms with E-state index >= 15 is 0 Å². The Balaban J connectivity index is 2.90. The summed E-state index contributed by atoms with van der Waals surface area (Å²) in [5.74, 6) is -0.708. The highest BCUT2D eigenvalue weighted by Gasteiger charge is 2.18. The highest BCUT2D eigenvalue weighted by molar-refractivity contribution is 9.10. The molecule has 0 aliphatic carbocycles. The van der Waals surface area contributed by atoms with E-state index in [1.807, 2.05) is 6.92 Å². The summed E-state index contributed by atoms with van der Waals surface area (Å²) in [6.07, 6.45) is 0.346. The lowest BCUT2D eigenvalue weighted by Crippen LogP contribution is -2.17. The lowest BCUT2D eigenvalue weighted by Gasteiger charge is -2.08. The van der Waals surface area contributed by atoms with Gasteiger partial charge in [0.1, 0.15) is 12.2 Å². The lowest BCUT2D eigenvalue weighted by molar-refractivity contribution is -0.142. The van der Waals surface area contributed by atoms with Gasteiger partial charge in [-0.05, 0) is 28.4 Å². The van der Waals surface area contributed by atoms with Crippen LogP contribution in [0.25, 0.3) is 0 Å². The van der Waals surface area contributed by atoms with Crippen molar-refractivity contribution in [2.45, 2.75) is 19.8 Å². The van der Waals surface area contributed by atoms with Crippen LogP contribution in [0.4, 0.5) is 5.82 Å². The average molecular weight is 331 g/mol. The molecule has 0 aromatic carbocycles. The third-order valence-corrected chi connectivity index (χ3v) is 2.91. The number of carbonyl (C=O) groups is 2. The molecule has 1 aromatic heterocycles. The summed E-state index contributed by atoms with van der Waals surface area (Å²) in [6, 6.07) is 1.39. The van der Waals surface area contributed by atoms with E-state index in [9.17, 15) is 14.4 Å². The number of pyridine rings is 1. The number of esters is 1. The van der Waals surface area contributed by atoms with Gasteiger partial charge >= 0.3 is 5.97 Å². The van der Waals surface area contributed by atoms with Crippen LogP contribution in [-0.2, 0) is 9.53 Å². The summed E-state index contributed by atoms with van der Waals surface area (Å²) in [7, 11) is 1.57. The molecule has 0 atom stereocenters. The third kappa shape index (κ3) is 4.20. The molecule has 0 fully saturated rings. The van der Waals surface area contributed by atoms with Gasteiger partial charge in [0.05, 0.1) is 16.6 Å². The fourth-order valence-electron chi connectivity index (χ4n) is 1.42. The predicted molar refractivity (Wildman–Crippen MR) is 74.5 cm³/mol. The molecule has 0 radical (unpaired) electrons. The minimum Gasteiger partial charge on any atom is -0.465 e. The zero-order chi connectivity index (χ0) is 14.4. The maximum atomic E-state index is 12.0. The second-order valence-corrected chi connectivity index (χ2v) is 4.66. The van der Waals surface area contributed by atoms with Gasteiger partial charge in [0, 0.05) is 7.05 Å². The summed E-state index contributed by atoms with van der Waals surface area (Å²) in [4.78, 5) is 37.3. The molecule has 104 valence electrons. The Hall–Kier alpha value is -1.63. The summed E-state index contributed by atoms with van der Waals surface area (Å²) >= 11 is 3.05. The van der Waals surface area contributed by atoms with Gasteiger partial charge < -0.3 is 15.0 Å². The normalized spacial score (nSPS) is 10.1. The van der Waals surface area contributed by atoms with E-state index in [0.717, 1.165) is 0 Å². The van der Waals surface area contributed by atoms with Gasteiger partial charge in [0.25, 0.3) is 5.56 Å². The summed E-state index contributed by atoms with van der Waals surface area (Å²) in [6.45, 7) is 2.16. The van der Waals surface area contributed by atoms with Crippen molar-refractivity contribution in [3.63, 3.8) is 0 Å². The van der Waals surface area contributed by atoms with Crippen LogP contribution in [0.15, 0.2) is 15.3 Å². The summed E-state index contributed by atoms with van der Waals surface area (Å²) in [5, 5.41) is 2.71. The van der Waals surface area contributed by atoms with Gasteiger partial charge in [0.2, 0.25) is 0 Å². The lowest BCUT2D eigenvalue weighted by atomic mass is 10.1. The number of anilines is 1. The molecule has 0 aliphatic rings. The van der Waals surface area contributed by atoms with Crippen LogP contribution in [0.2, 0.25) is 0 Å². The number of hydrogen-bond donors (Lipinski definition) is 2. The van der Waals surface area contributed by atoms with Crippen LogP contribution in [-0.4, -0.2) is 30.4 Å². The van der Waals surface area contributed by atoms with E-state index in [1.165, 1.54) is 6.07 Å². The second-order valence-electron chi connectivity index (χ2n) is 3.81. The molecular weight excluding hydrogens is 316 g/mol. The standard InChI is InChI=1S/C12H15BrN2O4/c1-3-4-19-10(17)6-9(16)7-5-8(13)12(18)15-11(7)14-2/h5H,3-4,6H2,1-2H3,(H2,14,15,18). The van der Waals surface area contributed by atoms with Gasteiger partial charge in [-0.25, -0.2) is 0 Å². The van der Waals surface area contributed by atoms with Crippen molar-refractivity contribution in [1.29, 1.82) is 0 Å². The molecule has 0 amide bonds. The first-order valence-corrected chi connectivity index (χ1v) is 6.58. The number of hydrogen-bond acceptors (Lipinski definition) is 5. The predicted octanol–water partition coefficient (Wildman–Crippen LogP) is 1.71. The number of ketones is 1. The SMILES string of the molecule is CCCOC(=O)CC(=O)c1cc(Br)c(=O)[nH]c1NC. The highest BCUT2D eigenvalue weighted by atomic mass is 79.9. The van der Waals surface area contributed by atoms with Crippen LogP contribution in [0, 0.1) is 0 Å². The molecule has 1 aromatic rings. The van der Waals surface area contributed by atoms with Gasteiger partial charge in [0.15, 0.2) is 5.78 Å². The second kappa shape index (κ2) is 7.08. The monoisotopic (exact) mass is 330 g/mol. The smallest absolute Gasteiger partial charge is 0.313 e. The Morgan fingerprint density at radius 1 is 1.47 bits per heavy atom. The van der Waals surface area contributed by atoms with E-state index in [1.54, 1.807) is 7.05 Å². The van der Waals surface area contributed by atoms with Gasteiger partial charge in [-0.15, -0.1) is 0 Å². The van der Waals surface area contributed by atoms with Crippen LogP contribution in [0.5, 0.6) is 0 Å². The number of rotatable bonds is 6. The Labute approximate surface area is 118 Å². The first kappa shape index (κ1) is 15.4. The molecule has 0 unspecified atom stereocenters. The van der Waals surface area contributed by atoms with Crippen molar-refractivity contribution in [2.24, 2.45) is 0 Å². The molecule has 0 bridgehead atoms. The van der Waals surface area contributed by atoms with Gasteiger partial charge in [-0.2, -0.15) is 0 Å². The maximum absolute atomic E-state index is 12.0. The fourth-order valence-corrected chi connectivity index (χ4v) is 1.74. The van der Waals surface area contributed by atoms with Gasteiger partial charge in [-0.3, -0.25) is 14.4 Å². The fraction of sp³-hybridized carbons (Fsp3) is 0.417. The Morgan fingerprint density at radius 2 is 2.16 bits per heavy atom. The number of aromatic nitrogens is 1. The Bertz CT molecular complexity index is 539. The number of nitrogens with one attached hydrogen (secondary N) is 2. The topological polar surface area (TPSA) is 88.3 Å². The molecule has 2 N–H and O–H groups in total. The van der Waals surface area contributed by atoms with Crippen molar-refractivity contribution < 1.29 is 14.3 Å². The van der Waals surface area contributed by atoms with Crippen molar-refractivity contribution in [1.82, 2.24) is 4.98 Å². The van der Waals surface area contributed by atoms with Crippen molar-refractivity contribution in [3.8, 4) is 0 Å². The van der Waals surface area contributed by atoms with Crippen LogP contribution in [0.1, 0.15) is 30.1 Å². The van der Waals surface area contributed by atoms with Crippen LogP contribution >= 0.6 is 15.9 Å². The first-order chi connectivity index (χ1) is 8.99. The largest absolute Gasteiger partial charge is 0.465 e. The number of ether oxygens (including phenoxy) is 1. The molecule has 1 heterocycles. The zero-order valence-corrected chi connectivity index (χ0v) is 12.3. The molecule has 0 spiro atoms. The molecule has 0 saturated carbocycles. The zero-order valence-electron chi connectivity index (χ0n) is 10.7. The van der Waals surface area contributed by atoms with E-state index in [2.05, 4.69) is 26.2 Å². The van der Waals surface area contributed by atoms with E-state index in [0.29, 0.717) is 13.0 Å². The third-order valence-electron chi connectivity index (χ3n) is 2.32. The molecule has 0 aliphatic heterocycles. The van der Waals surface area contributed by atoms with E-state index in [4.69, 9.17) is 4.74 Å². The molecule has 1 rings (SSSR count). The average Bonchev–Trinajstić information content (AvgIpc) is 2.38. The highest BCUT2D eigenvalue weighted by Crippen LogP contribution is 2.16. The van der Waals surface area contributed by atoms with Crippen molar-refractivity contribution >= 4 is 33.5 Å². The van der Waals surface area contributed by atoms with E-state index < -0.39 is 11.8 Å². The molecule has 19 heavy (non-hydrogen) atoms. The minimum atomic E-state index is -0.573. The quantitative estimate of drug-likeness (QED) is 0.471. The van der Waals surface area contributed by atoms with Crippen molar-refractivity contribution in [2.75, 3.05) is 19.0 Å². The summed E-state index contributed by atoms with van der Waals surface area (Å²) < 4.78 is 5.08. The van der Waals surface area contributed by atoms with Gasteiger partial charge in [-0.1, -0.05) is 6.92 Å². The number of carbonyl (C=O) groups excluding carboxylic acids is 2. The van der Waals surface area contributed by atoms with E-state index in [-0.39, 0.29) is 27.8 Å².